The number of rotatable bonds is 23. The third kappa shape index (κ3) is 12.6. The van der Waals surface area contributed by atoms with E-state index in [-0.39, 0.29) is 6.61 Å². The highest BCUT2D eigenvalue weighted by Gasteiger charge is 2.60. The zero-order valence-corrected chi connectivity index (χ0v) is 31.9. The first-order valence-electron chi connectivity index (χ1n) is 19.3. The van der Waals surface area contributed by atoms with Crippen molar-refractivity contribution in [3.8, 4) is 0 Å². The maximum Gasteiger partial charge on any atom is 0.364 e. The van der Waals surface area contributed by atoms with Gasteiger partial charge in [0.2, 0.25) is 5.91 Å². The van der Waals surface area contributed by atoms with Crippen LogP contribution >= 0.6 is 0 Å². The molecule has 0 radical (unpaired) electrons. The van der Waals surface area contributed by atoms with Crippen LogP contribution in [-0.2, 0) is 38.0 Å². The second kappa shape index (κ2) is 23.2. The molecule has 0 spiro atoms. The van der Waals surface area contributed by atoms with Crippen molar-refractivity contribution < 1.29 is 94.2 Å². The van der Waals surface area contributed by atoms with Gasteiger partial charge in [0, 0.05) is 19.4 Å². The topological polar surface area (TPSA) is 350 Å². The molecule has 3 heterocycles. The highest BCUT2D eigenvalue weighted by Crippen LogP contribution is 2.38. The number of hydrogen-bond acceptors (Lipinski definition) is 19. The van der Waals surface area contributed by atoms with Crippen LogP contribution in [0.3, 0.4) is 0 Å². The summed E-state index contributed by atoms with van der Waals surface area (Å²) in [5, 5.41) is 118. The Bertz CT molecular complexity index is 1170. The summed E-state index contributed by atoms with van der Waals surface area (Å²) in [7, 11) is 0. The average molecular weight is 817 g/mol. The van der Waals surface area contributed by atoms with E-state index in [1.807, 2.05) is 0 Å². The van der Waals surface area contributed by atoms with Crippen molar-refractivity contribution in [2.45, 2.75) is 182 Å². The van der Waals surface area contributed by atoms with Crippen molar-refractivity contribution in [3.63, 3.8) is 0 Å². The van der Waals surface area contributed by atoms with Crippen molar-refractivity contribution in [1.29, 1.82) is 0 Å². The number of amides is 1. The number of ether oxygens (including phenoxy) is 6. The van der Waals surface area contributed by atoms with Crippen molar-refractivity contribution >= 4 is 11.9 Å². The number of aliphatic hydroxyl groups excluding tert-OH is 10. The van der Waals surface area contributed by atoms with Gasteiger partial charge in [-0.25, -0.2) is 4.79 Å². The second-order valence-corrected chi connectivity index (χ2v) is 14.8. The third-order valence-electron chi connectivity index (χ3n) is 10.3. The molecular formula is C35H64N2O19. The normalized spacial score (nSPS) is 38.1. The molecular weight excluding hydrogens is 752 g/mol. The molecule has 0 bridgehead atoms. The molecule has 17 atom stereocenters. The smallest absolute Gasteiger partial charge is 0.364 e. The summed E-state index contributed by atoms with van der Waals surface area (Å²) in [6.45, 7) is 0.364. The van der Waals surface area contributed by atoms with Crippen LogP contribution in [-0.4, -0.2) is 198 Å². The number of carboxylic acids is 1. The Morgan fingerprint density at radius 1 is 0.839 bits per heavy atom. The molecule has 21 nitrogen and oxygen atoms in total. The SMILES string of the molecule is CCCCCCCCCCC(N)CO[C@@H]1O[C@H](CO)[C@@H](O[C@@H]2O[C@H](CO)[C@H](O)[C@H](O[C@]3(C(=O)O)C[C@H](O)[C@@H](NC(C)=O)[C@H]([C@H](O)[C@H](O)CO)O3)[C@H]2O)[C@H](O)[C@H]1O. The number of carbonyl (C=O) groups excluding carboxylic acids is 1. The first kappa shape index (κ1) is 48.6. The van der Waals surface area contributed by atoms with E-state index in [2.05, 4.69) is 12.2 Å². The Morgan fingerprint density at radius 3 is 2.02 bits per heavy atom. The van der Waals surface area contributed by atoms with Crippen LogP contribution in [0.5, 0.6) is 0 Å². The average Bonchev–Trinajstić information content (AvgIpc) is 3.16. The number of nitrogens with one attached hydrogen (secondary N) is 1. The number of carboxylic acid groups (broad SMARTS) is 1. The lowest BCUT2D eigenvalue weighted by Crippen LogP contribution is -2.70. The maximum atomic E-state index is 12.8. The molecule has 0 aliphatic carbocycles. The van der Waals surface area contributed by atoms with Gasteiger partial charge in [-0.2, -0.15) is 0 Å². The van der Waals surface area contributed by atoms with Gasteiger partial charge < -0.3 is 95.6 Å². The third-order valence-corrected chi connectivity index (χ3v) is 10.3. The highest BCUT2D eigenvalue weighted by molar-refractivity contribution is 5.76. The minimum absolute atomic E-state index is 0.0430. The standard InChI is InChI=1S/C35H64N2O19/c1-3-4-5-6-7-8-9-10-11-18(36)16-51-32-27(47)26(46)29(22(15-40)53-32)54-33-28(48)31(25(45)21(14-39)52-33)56-35(34(49)50)12-19(42)23(37-17(2)41)30(55-35)24(44)20(43)13-38/h18-33,38-40,42-48H,3-16,36H2,1-2H3,(H,37,41)(H,49,50)/t18?,19-,20+,21+,22+,23+,24+,25-,26+,27+,28+,29+,30+,31-,32+,33-,35-/m0/s1. The van der Waals surface area contributed by atoms with Crippen molar-refractivity contribution in [2.24, 2.45) is 5.73 Å². The van der Waals surface area contributed by atoms with Gasteiger partial charge in [0.25, 0.3) is 5.79 Å². The monoisotopic (exact) mass is 816 g/mol. The van der Waals surface area contributed by atoms with Gasteiger partial charge in [-0.3, -0.25) is 4.79 Å². The van der Waals surface area contributed by atoms with Gasteiger partial charge in [-0.15, -0.1) is 0 Å². The Hall–Kier alpha value is -1.74. The summed E-state index contributed by atoms with van der Waals surface area (Å²) in [6, 6.07) is -1.95. The first-order chi connectivity index (χ1) is 26.5. The molecule has 3 aliphatic heterocycles. The van der Waals surface area contributed by atoms with Crippen LogP contribution in [0.15, 0.2) is 0 Å². The van der Waals surface area contributed by atoms with Crippen LogP contribution < -0.4 is 11.1 Å². The van der Waals surface area contributed by atoms with Gasteiger partial charge in [-0.1, -0.05) is 58.3 Å². The van der Waals surface area contributed by atoms with Crippen LogP contribution in [0.4, 0.5) is 0 Å². The van der Waals surface area contributed by atoms with Crippen LogP contribution in [0.2, 0.25) is 0 Å². The van der Waals surface area contributed by atoms with Gasteiger partial charge in [0.05, 0.1) is 38.6 Å². The van der Waals surface area contributed by atoms with Crippen LogP contribution in [0.1, 0.15) is 78.1 Å². The fourth-order valence-corrected chi connectivity index (χ4v) is 7.13. The molecule has 14 N–H and O–H groups in total. The van der Waals surface area contributed by atoms with Crippen molar-refractivity contribution in [3.05, 3.63) is 0 Å². The highest BCUT2D eigenvalue weighted by atomic mass is 16.8. The molecule has 3 aliphatic rings. The summed E-state index contributed by atoms with van der Waals surface area (Å²) in [6.07, 6.45) is -17.4. The largest absolute Gasteiger partial charge is 0.477 e. The predicted molar refractivity (Wildman–Crippen MR) is 189 cm³/mol. The van der Waals surface area contributed by atoms with E-state index < -0.39 is 142 Å². The quantitative estimate of drug-likeness (QED) is 0.0434. The van der Waals surface area contributed by atoms with E-state index in [9.17, 15) is 65.8 Å². The number of aliphatic carboxylic acids is 1. The Labute approximate surface area is 325 Å². The Morgan fingerprint density at radius 2 is 1.45 bits per heavy atom. The zero-order chi connectivity index (χ0) is 41.7. The molecule has 0 saturated carbocycles. The lowest BCUT2D eigenvalue weighted by molar-refractivity contribution is -0.386. The van der Waals surface area contributed by atoms with Crippen LogP contribution in [0, 0.1) is 0 Å². The summed E-state index contributed by atoms with van der Waals surface area (Å²) in [4.78, 5) is 24.6. The molecule has 3 fully saturated rings. The van der Waals surface area contributed by atoms with E-state index in [1.54, 1.807) is 0 Å². The lowest BCUT2D eigenvalue weighted by Gasteiger charge is -2.50. The zero-order valence-electron chi connectivity index (χ0n) is 31.9. The van der Waals surface area contributed by atoms with Gasteiger partial charge in [0.15, 0.2) is 12.6 Å². The minimum Gasteiger partial charge on any atom is -0.477 e. The van der Waals surface area contributed by atoms with Gasteiger partial charge in [-0.05, 0) is 6.42 Å². The number of aliphatic hydroxyl groups is 10. The molecule has 0 aromatic rings. The van der Waals surface area contributed by atoms with Crippen LogP contribution in [0.25, 0.3) is 0 Å². The van der Waals surface area contributed by atoms with E-state index in [0.29, 0.717) is 6.42 Å². The molecule has 56 heavy (non-hydrogen) atoms. The van der Waals surface area contributed by atoms with E-state index in [1.165, 1.54) is 25.7 Å². The Balaban J connectivity index is 1.72. The molecule has 328 valence electrons. The minimum atomic E-state index is -3.03. The maximum absolute atomic E-state index is 12.8. The molecule has 3 saturated heterocycles. The van der Waals surface area contributed by atoms with E-state index in [0.717, 1.165) is 32.6 Å². The first-order valence-corrected chi connectivity index (χ1v) is 19.3. The molecule has 3 rings (SSSR count). The van der Waals surface area contributed by atoms with Crippen molar-refractivity contribution in [2.75, 3.05) is 26.4 Å². The van der Waals surface area contributed by atoms with Gasteiger partial charge >= 0.3 is 5.97 Å². The number of nitrogens with two attached hydrogens (primary N) is 1. The fraction of sp³-hybridized carbons (Fsp3) is 0.943. The summed E-state index contributed by atoms with van der Waals surface area (Å²) >= 11 is 0. The number of unbranched alkanes of at least 4 members (excludes halogenated alkanes) is 7. The van der Waals surface area contributed by atoms with Crippen molar-refractivity contribution in [1.82, 2.24) is 5.32 Å². The number of carbonyl (C=O) groups is 2. The van der Waals surface area contributed by atoms with E-state index in [4.69, 9.17) is 34.2 Å². The van der Waals surface area contributed by atoms with E-state index >= 15 is 0 Å². The predicted octanol–water partition coefficient (Wildman–Crippen LogP) is -4.34. The molecule has 0 aromatic carbocycles. The number of hydrogen-bond donors (Lipinski definition) is 13. The molecule has 1 unspecified atom stereocenters. The van der Waals surface area contributed by atoms with Gasteiger partial charge in [0.1, 0.15) is 67.1 Å². The molecule has 21 heteroatoms. The Kier molecular flexibility index (Phi) is 20.1. The summed E-state index contributed by atoms with van der Waals surface area (Å²) < 4.78 is 33.9. The summed E-state index contributed by atoms with van der Waals surface area (Å²) in [5.74, 6) is -5.73. The summed E-state index contributed by atoms with van der Waals surface area (Å²) in [5.41, 5.74) is 6.20. The fourth-order valence-electron chi connectivity index (χ4n) is 7.13. The second-order valence-electron chi connectivity index (χ2n) is 14.8. The molecule has 0 aromatic heterocycles. The lowest BCUT2D eigenvalue weighted by atomic mass is 9.88. The molecule has 1 amide bonds.